The van der Waals surface area contributed by atoms with Crippen LogP contribution in [0.4, 0.5) is 6.01 Å². The zero-order valence-electron chi connectivity index (χ0n) is 16.9. The molecule has 3 heterocycles. The number of carbonyl (C=O) groups is 2. The van der Waals surface area contributed by atoms with E-state index in [4.69, 9.17) is 4.52 Å². The number of rotatable bonds is 7. The van der Waals surface area contributed by atoms with Crippen LogP contribution in [0.25, 0.3) is 0 Å². The van der Waals surface area contributed by atoms with Crippen molar-refractivity contribution in [1.82, 2.24) is 25.7 Å². The fourth-order valence-corrected chi connectivity index (χ4v) is 3.63. The van der Waals surface area contributed by atoms with Crippen LogP contribution in [0, 0.1) is 5.92 Å². The summed E-state index contributed by atoms with van der Waals surface area (Å²) in [4.78, 5) is 32.6. The van der Waals surface area contributed by atoms with E-state index < -0.39 is 0 Å². The molecule has 0 aliphatic carbocycles. The second-order valence-corrected chi connectivity index (χ2v) is 7.97. The summed E-state index contributed by atoms with van der Waals surface area (Å²) in [5.41, 5.74) is 0. The van der Waals surface area contributed by atoms with Crippen molar-refractivity contribution < 1.29 is 14.1 Å². The van der Waals surface area contributed by atoms with Crippen LogP contribution in [0.2, 0.25) is 0 Å². The molecular formula is C19H32N6O3. The molecule has 0 spiro atoms. The summed E-state index contributed by atoms with van der Waals surface area (Å²) >= 11 is 0. The molecule has 3 rings (SSSR count). The third-order valence-electron chi connectivity index (χ3n) is 5.52. The predicted molar refractivity (Wildman–Crippen MR) is 105 cm³/mol. The summed E-state index contributed by atoms with van der Waals surface area (Å²) in [6.07, 6.45) is 3.33. The molecule has 0 bridgehead atoms. The lowest BCUT2D eigenvalue weighted by Crippen LogP contribution is -2.49. The van der Waals surface area contributed by atoms with Gasteiger partial charge in [-0.25, -0.2) is 0 Å². The van der Waals surface area contributed by atoms with Crippen molar-refractivity contribution in [3.05, 3.63) is 5.82 Å². The molecule has 2 saturated heterocycles. The Bertz CT molecular complexity index is 648. The Morgan fingerprint density at radius 1 is 1.21 bits per heavy atom. The standard InChI is InChI=1S/C19H32N6O3/c1-14(2)18-22-19(28-23-18)25-9-5-15(6-10-25)3-4-16(26)21-13-17(27)24-11-7-20-8-12-24/h14-15,20H,3-13H2,1-2H3,(H,21,26). The molecule has 156 valence electrons. The summed E-state index contributed by atoms with van der Waals surface area (Å²) in [5.74, 6) is 1.47. The third-order valence-corrected chi connectivity index (χ3v) is 5.52. The van der Waals surface area contributed by atoms with Crippen molar-refractivity contribution >= 4 is 17.8 Å². The van der Waals surface area contributed by atoms with Gasteiger partial charge >= 0.3 is 6.01 Å². The van der Waals surface area contributed by atoms with Crippen LogP contribution in [0.1, 0.15) is 51.3 Å². The molecule has 9 heteroatoms. The van der Waals surface area contributed by atoms with Crippen molar-refractivity contribution in [1.29, 1.82) is 0 Å². The lowest BCUT2D eigenvalue weighted by molar-refractivity contribution is -0.133. The number of amides is 2. The van der Waals surface area contributed by atoms with Crippen molar-refractivity contribution in [2.24, 2.45) is 5.92 Å². The summed E-state index contributed by atoms with van der Waals surface area (Å²) in [5, 5.41) is 10.0. The minimum atomic E-state index is -0.0376. The second-order valence-electron chi connectivity index (χ2n) is 7.97. The zero-order valence-corrected chi connectivity index (χ0v) is 16.9. The number of carbonyl (C=O) groups excluding carboxylic acids is 2. The van der Waals surface area contributed by atoms with Gasteiger partial charge in [0, 0.05) is 51.6 Å². The number of piperidine rings is 1. The maximum atomic E-state index is 12.1. The Balaban J connectivity index is 1.32. The first-order valence-electron chi connectivity index (χ1n) is 10.4. The molecule has 0 atom stereocenters. The number of piperazine rings is 1. The Labute approximate surface area is 166 Å². The minimum absolute atomic E-state index is 0.00322. The van der Waals surface area contributed by atoms with E-state index >= 15 is 0 Å². The first kappa shape index (κ1) is 20.6. The fourth-order valence-electron chi connectivity index (χ4n) is 3.63. The lowest BCUT2D eigenvalue weighted by Gasteiger charge is -2.30. The smallest absolute Gasteiger partial charge is 0.324 e. The molecular weight excluding hydrogens is 360 g/mol. The molecule has 1 aromatic heterocycles. The van der Waals surface area contributed by atoms with Gasteiger partial charge in [0.1, 0.15) is 0 Å². The largest absolute Gasteiger partial charge is 0.347 e. The van der Waals surface area contributed by atoms with Gasteiger partial charge in [0.15, 0.2) is 5.82 Å². The highest BCUT2D eigenvalue weighted by molar-refractivity contribution is 5.84. The van der Waals surface area contributed by atoms with Crippen LogP contribution >= 0.6 is 0 Å². The molecule has 2 aliphatic heterocycles. The highest BCUT2D eigenvalue weighted by Gasteiger charge is 2.24. The molecule has 2 aliphatic rings. The quantitative estimate of drug-likeness (QED) is 0.705. The van der Waals surface area contributed by atoms with Gasteiger partial charge in [0.2, 0.25) is 11.8 Å². The van der Waals surface area contributed by atoms with Crippen LogP contribution in [-0.4, -0.2) is 72.7 Å². The van der Waals surface area contributed by atoms with Crippen molar-refractivity contribution in [2.45, 2.75) is 45.4 Å². The van der Waals surface area contributed by atoms with Crippen LogP contribution in [-0.2, 0) is 9.59 Å². The summed E-state index contributed by atoms with van der Waals surface area (Å²) < 4.78 is 5.36. The molecule has 9 nitrogen and oxygen atoms in total. The van der Waals surface area contributed by atoms with Crippen LogP contribution in [0.15, 0.2) is 4.52 Å². The highest BCUT2D eigenvalue weighted by Crippen LogP contribution is 2.25. The Hall–Kier alpha value is -2.16. The zero-order chi connectivity index (χ0) is 19.9. The predicted octanol–water partition coefficient (Wildman–Crippen LogP) is 0.738. The van der Waals surface area contributed by atoms with Gasteiger partial charge in [-0.05, 0) is 25.2 Å². The molecule has 2 amide bonds. The van der Waals surface area contributed by atoms with Crippen LogP contribution in [0.3, 0.4) is 0 Å². The average Bonchev–Trinajstić information content (AvgIpc) is 3.22. The van der Waals surface area contributed by atoms with Crippen molar-refractivity contribution in [2.75, 3.05) is 50.7 Å². The topological polar surface area (TPSA) is 104 Å². The van der Waals surface area contributed by atoms with Gasteiger partial charge in [0.05, 0.1) is 6.54 Å². The monoisotopic (exact) mass is 392 g/mol. The molecule has 28 heavy (non-hydrogen) atoms. The van der Waals surface area contributed by atoms with E-state index in [-0.39, 0.29) is 24.3 Å². The minimum Gasteiger partial charge on any atom is -0.347 e. The molecule has 2 fully saturated rings. The van der Waals surface area contributed by atoms with Crippen LogP contribution in [0.5, 0.6) is 0 Å². The normalized spacial score (nSPS) is 18.5. The number of hydrogen-bond donors (Lipinski definition) is 2. The van der Waals surface area contributed by atoms with Crippen molar-refractivity contribution in [3.63, 3.8) is 0 Å². The fraction of sp³-hybridized carbons (Fsp3) is 0.789. The number of anilines is 1. The summed E-state index contributed by atoms with van der Waals surface area (Å²) in [7, 11) is 0. The van der Waals surface area contributed by atoms with Gasteiger partial charge in [-0.15, -0.1) is 0 Å². The van der Waals surface area contributed by atoms with Crippen molar-refractivity contribution in [3.8, 4) is 0 Å². The molecule has 0 unspecified atom stereocenters. The Morgan fingerprint density at radius 2 is 1.93 bits per heavy atom. The number of aromatic nitrogens is 2. The third kappa shape index (κ3) is 5.67. The molecule has 0 radical (unpaired) electrons. The lowest BCUT2D eigenvalue weighted by atomic mass is 9.92. The molecule has 0 aromatic carbocycles. The number of nitrogens with one attached hydrogen (secondary N) is 2. The molecule has 2 N–H and O–H groups in total. The van der Waals surface area contributed by atoms with E-state index in [0.717, 1.165) is 51.3 Å². The average molecular weight is 393 g/mol. The summed E-state index contributed by atoms with van der Waals surface area (Å²) in [6.45, 7) is 9.00. The Morgan fingerprint density at radius 3 is 2.57 bits per heavy atom. The van der Waals surface area contributed by atoms with E-state index in [9.17, 15) is 9.59 Å². The first-order valence-corrected chi connectivity index (χ1v) is 10.4. The van der Waals surface area contributed by atoms with Crippen LogP contribution < -0.4 is 15.5 Å². The molecule has 0 saturated carbocycles. The van der Waals surface area contributed by atoms with E-state index in [0.29, 0.717) is 31.4 Å². The van der Waals surface area contributed by atoms with E-state index in [1.54, 1.807) is 4.90 Å². The second kappa shape index (κ2) is 9.86. The Kier molecular flexibility index (Phi) is 7.24. The number of nitrogens with zero attached hydrogens (tertiary/aromatic N) is 4. The highest BCUT2D eigenvalue weighted by atomic mass is 16.5. The van der Waals surface area contributed by atoms with Gasteiger partial charge in [-0.3, -0.25) is 9.59 Å². The van der Waals surface area contributed by atoms with Gasteiger partial charge < -0.3 is 25.0 Å². The number of hydrogen-bond acceptors (Lipinski definition) is 7. The van der Waals surface area contributed by atoms with Gasteiger partial charge in [0.25, 0.3) is 0 Å². The van der Waals surface area contributed by atoms with Gasteiger partial charge in [-0.2, -0.15) is 4.98 Å². The van der Waals surface area contributed by atoms with E-state index in [1.807, 2.05) is 13.8 Å². The van der Waals surface area contributed by atoms with E-state index in [2.05, 4.69) is 25.7 Å². The first-order chi connectivity index (χ1) is 13.5. The maximum Gasteiger partial charge on any atom is 0.324 e. The van der Waals surface area contributed by atoms with E-state index in [1.165, 1.54) is 0 Å². The summed E-state index contributed by atoms with van der Waals surface area (Å²) in [6, 6.07) is 0.603. The van der Waals surface area contributed by atoms with Gasteiger partial charge in [-0.1, -0.05) is 19.0 Å². The molecule has 1 aromatic rings. The SMILES string of the molecule is CC(C)c1noc(N2CCC(CCC(=O)NCC(=O)N3CCNCC3)CC2)n1. The maximum absolute atomic E-state index is 12.1.